The summed E-state index contributed by atoms with van der Waals surface area (Å²) >= 11 is 0. The van der Waals surface area contributed by atoms with Crippen molar-refractivity contribution in [3.05, 3.63) is 41.0 Å². The molecule has 1 N–H and O–H groups in total. The Morgan fingerprint density at radius 1 is 1.03 bits per heavy atom. The molecule has 0 radical (unpaired) electrons. The fourth-order valence-corrected chi connectivity index (χ4v) is 5.91. The maximum absolute atomic E-state index is 14.3. The molecular formula is C25H29F5N4O. The topological polar surface area (TPSA) is 50.3 Å². The van der Waals surface area contributed by atoms with E-state index in [2.05, 4.69) is 20.4 Å². The van der Waals surface area contributed by atoms with Crippen LogP contribution in [0, 0.1) is 36.3 Å². The van der Waals surface area contributed by atoms with Gasteiger partial charge in [0.25, 0.3) is 0 Å². The minimum atomic E-state index is -4.72. The van der Waals surface area contributed by atoms with E-state index in [1.165, 1.54) is 13.0 Å². The van der Waals surface area contributed by atoms with Gasteiger partial charge in [0.1, 0.15) is 5.56 Å². The van der Waals surface area contributed by atoms with E-state index in [4.69, 9.17) is 4.74 Å². The molecule has 190 valence electrons. The van der Waals surface area contributed by atoms with Crippen LogP contribution in [0.3, 0.4) is 0 Å². The fraction of sp³-hybridized carbons (Fsp3) is 0.600. The van der Waals surface area contributed by atoms with Crippen LogP contribution in [0.1, 0.15) is 36.8 Å². The SMILES string of the molecule is Cc1cc(F)c(F)c(-c2cc(C(F)(F)F)c(N[C@@H]3C[C@@H]4CN(CC5CCOCC5)C[C@@H]4C3)nn2)c1. The molecular weight excluding hydrogens is 467 g/mol. The molecule has 3 aliphatic rings. The highest BCUT2D eigenvalue weighted by atomic mass is 19.4. The van der Waals surface area contributed by atoms with Gasteiger partial charge >= 0.3 is 6.18 Å². The van der Waals surface area contributed by atoms with Gasteiger partial charge in [-0.3, -0.25) is 0 Å². The van der Waals surface area contributed by atoms with Crippen LogP contribution < -0.4 is 5.32 Å². The minimum Gasteiger partial charge on any atom is -0.381 e. The summed E-state index contributed by atoms with van der Waals surface area (Å²) in [6.07, 6.45) is -1.00. The molecule has 0 spiro atoms. The van der Waals surface area contributed by atoms with E-state index in [1.54, 1.807) is 0 Å². The van der Waals surface area contributed by atoms with Crippen molar-refractivity contribution in [1.82, 2.24) is 15.1 Å². The summed E-state index contributed by atoms with van der Waals surface area (Å²) in [6, 6.07) is 2.86. The van der Waals surface area contributed by atoms with E-state index in [9.17, 15) is 22.0 Å². The lowest BCUT2D eigenvalue weighted by Crippen LogP contribution is -2.32. The molecule has 5 rings (SSSR count). The minimum absolute atomic E-state index is 0.135. The van der Waals surface area contributed by atoms with Crippen molar-refractivity contribution in [1.29, 1.82) is 0 Å². The molecule has 1 saturated carbocycles. The predicted octanol–water partition coefficient (Wildman–Crippen LogP) is 5.30. The summed E-state index contributed by atoms with van der Waals surface area (Å²) in [5, 5.41) is 10.6. The van der Waals surface area contributed by atoms with E-state index in [-0.39, 0.29) is 23.1 Å². The number of rotatable bonds is 5. The van der Waals surface area contributed by atoms with Gasteiger partial charge in [0.15, 0.2) is 17.5 Å². The second-order valence-electron chi connectivity index (χ2n) is 10.2. The third-order valence-corrected chi connectivity index (χ3v) is 7.57. The van der Waals surface area contributed by atoms with E-state index in [0.717, 1.165) is 70.7 Å². The Kier molecular flexibility index (Phi) is 6.69. The number of alkyl halides is 3. The number of halogens is 5. The monoisotopic (exact) mass is 496 g/mol. The Bertz CT molecular complexity index is 1060. The lowest BCUT2D eigenvalue weighted by atomic mass is 10.00. The Morgan fingerprint density at radius 2 is 1.71 bits per heavy atom. The standard InChI is InChI=1S/C25H29F5N4O/c1-14-6-19(23(27)21(26)7-14)22-10-20(25(28,29)30)24(33-32-22)31-18-8-16-12-34(13-17(16)9-18)11-15-2-4-35-5-3-15/h6-7,10,15-18H,2-5,8-9,11-13H2,1H3,(H,31,33)/t16-,17+,18-. The first-order valence-electron chi connectivity index (χ1n) is 12.1. The van der Waals surface area contributed by atoms with Gasteiger partial charge in [-0.2, -0.15) is 13.2 Å². The van der Waals surface area contributed by atoms with Crippen molar-refractivity contribution < 1.29 is 26.7 Å². The normalized spacial score (nSPS) is 25.7. The molecule has 3 heterocycles. The summed E-state index contributed by atoms with van der Waals surface area (Å²) in [4.78, 5) is 2.49. The molecule has 0 unspecified atom stereocenters. The number of hydrogen-bond acceptors (Lipinski definition) is 5. The molecule has 2 aromatic rings. The van der Waals surface area contributed by atoms with E-state index >= 15 is 0 Å². The summed E-state index contributed by atoms with van der Waals surface area (Å²) in [7, 11) is 0. The van der Waals surface area contributed by atoms with Crippen molar-refractivity contribution in [2.24, 2.45) is 17.8 Å². The molecule has 5 nitrogen and oxygen atoms in total. The maximum atomic E-state index is 14.3. The van der Waals surface area contributed by atoms with Crippen LogP contribution in [-0.2, 0) is 10.9 Å². The third kappa shape index (κ3) is 5.28. The first kappa shape index (κ1) is 24.4. The first-order valence-corrected chi connectivity index (χ1v) is 12.1. The van der Waals surface area contributed by atoms with Gasteiger partial charge in [0, 0.05) is 44.5 Å². The Labute approximate surface area is 201 Å². The molecule has 1 aromatic heterocycles. The molecule has 3 atom stereocenters. The number of aryl methyl sites for hydroxylation is 1. The molecule has 0 amide bonds. The molecule has 3 fully saturated rings. The smallest absolute Gasteiger partial charge is 0.381 e. The molecule has 0 bridgehead atoms. The third-order valence-electron chi connectivity index (χ3n) is 7.57. The van der Waals surface area contributed by atoms with Gasteiger partial charge in [-0.15, -0.1) is 10.2 Å². The number of anilines is 1. The van der Waals surface area contributed by atoms with E-state index in [1.807, 2.05) is 0 Å². The summed E-state index contributed by atoms with van der Waals surface area (Å²) < 4.78 is 75.2. The zero-order valence-corrected chi connectivity index (χ0v) is 19.5. The average molecular weight is 497 g/mol. The second kappa shape index (κ2) is 9.61. The number of ether oxygens (including phenoxy) is 1. The zero-order chi connectivity index (χ0) is 24.7. The Hall–Kier alpha value is -2.33. The molecule has 2 saturated heterocycles. The van der Waals surface area contributed by atoms with Gasteiger partial charge < -0.3 is 15.0 Å². The summed E-state index contributed by atoms with van der Waals surface area (Å²) in [5.74, 6) is -1.20. The van der Waals surface area contributed by atoms with Gasteiger partial charge in [-0.1, -0.05) is 0 Å². The lowest BCUT2D eigenvalue weighted by Gasteiger charge is -2.28. The van der Waals surface area contributed by atoms with Crippen molar-refractivity contribution >= 4 is 5.82 Å². The van der Waals surface area contributed by atoms with Crippen molar-refractivity contribution in [2.75, 3.05) is 38.2 Å². The Balaban J connectivity index is 1.28. The zero-order valence-electron chi connectivity index (χ0n) is 19.5. The van der Waals surface area contributed by atoms with Crippen molar-refractivity contribution in [3.8, 4) is 11.3 Å². The molecule has 1 aromatic carbocycles. The first-order chi connectivity index (χ1) is 16.7. The number of aromatic nitrogens is 2. The lowest BCUT2D eigenvalue weighted by molar-refractivity contribution is -0.137. The van der Waals surface area contributed by atoms with Crippen LogP contribution in [0.2, 0.25) is 0 Å². The quantitative estimate of drug-likeness (QED) is 0.570. The largest absolute Gasteiger partial charge is 0.420 e. The van der Waals surface area contributed by atoms with Gasteiger partial charge in [-0.05, 0) is 74.1 Å². The van der Waals surface area contributed by atoms with Crippen LogP contribution >= 0.6 is 0 Å². The van der Waals surface area contributed by atoms with Crippen LogP contribution in [0.25, 0.3) is 11.3 Å². The highest BCUT2D eigenvalue weighted by Crippen LogP contribution is 2.42. The van der Waals surface area contributed by atoms with Crippen LogP contribution in [0.5, 0.6) is 0 Å². The number of nitrogens with one attached hydrogen (secondary N) is 1. The van der Waals surface area contributed by atoms with Gasteiger partial charge in [0.05, 0.1) is 5.69 Å². The van der Waals surface area contributed by atoms with Crippen molar-refractivity contribution in [3.63, 3.8) is 0 Å². The van der Waals surface area contributed by atoms with Gasteiger partial charge in [-0.25, -0.2) is 8.78 Å². The second-order valence-corrected chi connectivity index (χ2v) is 10.2. The highest BCUT2D eigenvalue weighted by Gasteiger charge is 2.43. The van der Waals surface area contributed by atoms with Crippen molar-refractivity contribution in [2.45, 2.75) is 44.8 Å². The van der Waals surface area contributed by atoms with Gasteiger partial charge in [0.2, 0.25) is 0 Å². The highest BCUT2D eigenvalue weighted by molar-refractivity contribution is 5.64. The fourth-order valence-electron chi connectivity index (χ4n) is 5.91. The number of fused-ring (bicyclic) bond motifs is 1. The van der Waals surface area contributed by atoms with E-state index < -0.39 is 23.4 Å². The summed E-state index contributed by atoms with van der Waals surface area (Å²) in [5.41, 5.74) is -1.34. The predicted molar refractivity (Wildman–Crippen MR) is 121 cm³/mol. The summed E-state index contributed by atoms with van der Waals surface area (Å²) in [6.45, 7) is 6.18. The average Bonchev–Trinajstić information content (AvgIpc) is 3.34. The number of benzene rings is 1. The van der Waals surface area contributed by atoms with E-state index in [0.29, 0.717) is 23.3 Å². The van der Waals surface area contributed by atoms with Crippen LogP contribution in [0.15, 0.2) is 18.2 Å². The van der Waals surface area contributed by atoms with Crippen LogP contribution in [0.4, 0.5) is 27.8 Å². The number of hydrogen-bond donors (Lipinski definition) is 1. The molecule has 35 heavy (non-hydrogen) atoms. The maximum Gasteiger partial charge on any atom is 0.420 e. The molecule has 1 aliphatic carbocycles. The van der Waals surface area contributed by atoms with Crippen LogP contribution in [-0.4, -0.2) is 54.0 Å². The molecule has 10 heteroatoms. The Morgan fingerprint density at radius 3 is 2.37 bits per heavy atom. The number of likely N-dealkylation sites (tertiary alicyclic amines) is 1. The number of nitrogens with zero attached hydrogens (tertiary/aromatic N) is 3. The molecule has 2 aliphatic heterocycles.